The fourth-order valence-corrected chi connectivity index (χ4v) is 8.23. The molecular formula is C21H25N9O11P2S2. The summed E-state index contributed by atoms with van der Waals surface area (Å²) in [7, 11) is 0. The smallest absolute Gasteiger partial charge is 0.325 e. The van der Waals surface area contributed by atoms with Crippen molar-refractivity contribution in [1.82, 2.24) is 39.3 Å². The average molecular weight is 706 g/mol. The van der Waals surface area contributed by atoms with Crippen LogP contribution in [0.5, 0.6) is 0 Å². The van der Waals surface area contributed by atoms with Gasteiger partial charge in [-0.05, 0) is 30.5 Å². The van der Waals surface area contributed by atoms with Crippen molar-refractivity contribution in [2.24, 2.45) is 0 Å². The van der Waals surface area contributed by atoms with Crippen molar-refractivity contribution < 1.29 is 47.6 Å². The topological polar surface area (TPSA) is 269 Å². The van der Waals surface area contributed by atoms with Gasteiger partial charge in [-0.25, -0.2) is 24.6 Å². The van der Waals surface area contributed by atoms with Crippen molar-refractivity contribution in [2.75, 3.05) is 18.9 Å². The van der Waals surface area contributed by atoms with Crippen molar-refractivity contribution in [3.8, 4) is 0 Å². The molecule has 0 aliphatic carbocycles. The number of aryl methyl sites for hydroxylation is 1. The third-order valence-corrected chi connectivity index (χ3v) is 10.5. The molecule has 3 saturated heterocycles. The first kappa shape index (κ1) is 31.2. The maximum absolute atomic E-state index is 12.4. The summed E-state index contributed by atoms with van der Waals surface area (Å²) in [4.78, 5) is 53.7. The van der Waals surface area contributed by atoms with Crippen LogP contribution in [0.15, 0.2) is 23.6 Å². The number of nitrogens with two attached hydrogens (primary N) is 1. The van der Waals surface area contributed by atoms with E-state index in [2.05, 4.69) is 30.0 Å². The Morgan fingerprint density at radius 2 is 1.67 bits per heavy atom. The van der Waals surface area contributed by atoms with E-state index in [1.807, 2.05) is 0 Å². The number of nitrogens with one attached hydrogen (secondary N) is 1. The summed E-state index contributed by atoms with van der Waals surface area (Å²) in [6.07, 6.45) is -6.92. The monoisotopic (exact) mass is 705 g/mol. The summed E-state index contributed by atoms with van der Waals surface area (Å²) in [5.41, 5.74) is 6.03. The predicted molar refractivity (Wildman–Crippen MR) is 157 cm³/mol. The number of fused-ring (bicyclic) bond motifs is 5. The van der Waals surface area contributed by atoms with Crippen LogP contribution >= 0.6 is 13.4 Å². The number of anilines is 1. The normalized spacial score (nSPS) is 37.7. The van der Waals surface area contributed by atoms with Crippen LogP contribution in [0.4, 0.5) is 5.82 Å². The van der Waals surface area contributed by atoms with E-state index in [-0.39, 0.29) is 33.8 Å². The van der Waals surface area contributed by atoms with Crippen LogP contribution in [0.2, 0.25) is 0 Å². The number of hydrogen-bond acceptors (Lipinski definition) is 17. The zero-order valence-electron chi connectivity index (χ0n) is 22.8. The largest absolute Gasteiger partial charge is 0.387 e. The molecule has 0 saturated carbocycles. The minimum atomic E-state index is -4.21. The molecule has 242 valence electrons. The molecule has 3 fully saturated rings. The van der Waals surface area contributed by atoms with Gasteiger partial charge in [-0.2, -0.15) is 5.10 Å². The Morgan fingerprint density at radius 1 is 0.978 bits per heavy atom. The third kappa shape index (κ3) is 5.63. The van der Waals surface area contributed by atoms with E-state index in [9.17, 15) is 24.8 Å². The number of aromatic nitrogens is 8. The molecule has 2 bridgehead atoms. The summed E-state index contributed by atoms with van der Waals surface area (Å²) in [6.45, 7) is -7.85. The maximum Gasteiger partial charge on any atom is 0.325 e. The highest BCUT2D eigenvalue weighted by Gasteiger charge is 2.52. The van der Waals surface area contributed by atoms with Crippen LogP contribution in [0.3, 0.4) is 0 Å². The van der Waals surface area contributed by atoms with Gasteiger partial charge in [0.05, 0.1) is 25.7 Å². The second-order valence-electron chi connectivity index (χ2n) is 10.3. The molecule has 0 aromatic carbocycles. The first-order chi connectivity index (χ1) is 21.3. The van der Waals surface area contributed by atoms with Gasteiger partial charge in [0.15, 0.2) is 29.6 Å². The highest BCUT2D eigenvalue weighted by Crippen LogP contribution is 2.54. The van der Waals surface area contributed by atoms with Crippen molar-refractivity contribution in [3.63, 3.8) is 0 Å². The highest BCUT2D eigenvalue weighted by molar-refractivity contribution is 8.07. The quantitative estimate of drug-likeness (QED) is 0.131. The van der Waals surface area contributed by atoms with Gasteiger partial charge in [0.1, 0.15) is 59.7 Å². The molecule has 0 amide bonds. The van der Waals surface area contributed by atoms with Crippen molar-refractivity contribution >= 4 is 65.1 Å². The van der Waals surface area contributed by atoms with Gasteiger partial charge in [0, 0.05) is 0 Å². The number of ether oxygens (including phenoxy) is 2. The highest BCUT2D eigenvalue weighted by atomic mass is 32.5. The molecule has 0 radical (unpaired) electrons. The minimum Gasteiger partial charge on any atom is -0.387 e. The van der Waals surface area contributed by atoms with Crippen LogP contribution in [-0.2, 0) is 51.2 Å². The molecule has 10 atom stereocenters. The van der Waals surface area contributed by atoms with Crippen LogP contribution < -0.4 is 11.3 Å². The molecule has 4 unspecified atom stereocenters. The Labute approximate surface area is 261 Å². The Balaban J connectivity index is 1.21. The van der Waals surface area contributed by atoms with Gasteiger partial charge in [0.2, 0.25) is 0 Å². The van der Waals surface area contributed by atoms with Crippen molar-refractivity contribution in [3.05, 3.63) is 35.0 Å². The van der Waals surface area contributed by atoms with Crippen LogP contribution in [-0.4, -0.2) is 109 Å². The summed E-state index contributed by atoms with van der Waals surface area (Å²) in [5.74, 6) is 0.385. The van der Waals surface area contributed by atoms with Gasteiger partial charge in [0.25, 0.3) is 5.56 Å². The number of nitrogen functional groups attached to an aromatic ring is 1. The van der Waals surface area contributed by atoms with E-state index in [4.69, 9.17) is 56.9 Å². The number of imidazole rings is 1. The van der Waals surface area contributed by atoms with Crippen molar-refractivity contribution in [2.45, 2.75) is 56.0 Å². The number of aliphatic hydroxyl groups excluding tert-OH is 2. The van der Waals surface area contributed by atoms with Crippen LogP contribution in [0.1, 0.15) is 18.3 Å². The average Bonchev–Trinajstić information content (AvgIpc) is 3.72. The number of aliphatic hydroxyl groups is 2. The molecule has 0 spiro atoms. The SMILES string of the molecule is Cc1nc2c(cnn2[C@@H]2O[C@@H]3COP(O)(=S)O[C@@H]4C(O)[C@H](n5cnc6c(N)ncnc65)O[C@@H]4COP(O)(=S)O[C@H]2C3O)c(=O)[nH]1. The Bertz CT molecular complexity index is 1940. The Kier molecular flexibility index (Phi) is 7.90. The Morgan fingerprint density at radius 3 is 2.42 bits per heavy atom. The summed E-state index contributed by atoms with van der Waals surface area (Å²) in [6, 6.07) is 0. The third-order valence-electron chi connectivity index (χ3n) is 7.42. The zero-order chi connectivity index (χ0) is 31.8. The number of H-pyrrole nitrogens is 1. The van der Waals surface area contributed by atoms with Gasteiger partial charge in [-0.1, -0.05) is 0 Å². The van der Waals surface area contributed by atoms with Gasteiger partial charge >= 0.3 is 13.4 Å². The first-order valence-corrected chi connectivity index (χ1v) is 18.4. The van der Waals surface area contributed by atoms with Gasteiger partial charge in [-0.15, -0.1) is 0 Å². The predicted octanol–water partition coefficient (Wildman–Crippen LogP) is -1.38. The van der Waals surface area contributed by atoms with E-state index in [0.717, 1.165) is 0 Å². The molecule has 7 rings (SSSR count). The number of hydrogen-bond donors (Lipinski definition) is 6. The van der Waals surface area contributed by atoms with E-state index in [1.165, 1.54) is 28.1 Å². The molecule has 20 nitrogen and oxygen atoms in total. The Hall–Kier alpha value is -2.40. The maximum atomic E-state index is 12.4. The summed E-state index contributed by atoms with van der Waals surface area (Å²) < 4.78 is 37.2. The van der Waals surface area contributed by atoms with Crippen LogP contribution in [0.25, 0.3) is 22.2 Å². The lowest BCUT2D eigenvalue weighted by Gasteiger charge is -2.27. The first-order valence-electron chi connectivity index (χ1n) is 13.2. The lowest BCUT2D eigenvalue weighted by atomic mass is 10.1. The second-order valence-corrected chi connectivity index (χ2v) is 15.9. The zero-order valence-corrected chi connectivity index (χ0v) is 26.3. The molecule has 3 aliphatic rings. The van der Waals surface area contributed by atoms with Gasteiger partial charge in [-0.3, -0.25) is 18.4 Å². The van der Waals surface area contributed by atoms with E-state index >= 15 is 0 Å². The van der Waals surface area contributed by atoms with Gasteiger partial charge < -0.3 is 49.2 Å². The van der Waals surface area contributed by atoms with E-state index < -0.39 is 81.3 Å². The number of rotatable bonds is 2. The molecule has 4 aromatic heterocycles. The lowest BCUT2D eigenvalue weighted by molar-refractivity contribution is -0.0639. The van der Waals surface area contributed by atoms with E-state index in [0.29, 0.717) is 0 Å². The molecule has 45 heavy (non-hydrogen) atoms. The van der Waals surface area contributed by atoms with E-state index in [1.54, 1.807) is 6.92 Å². The molecule has 4 aromatic rings. The molecule has 7 N–H and O–H groups in total. The molecule has 7 heterocycles. The van der Waals surface area contributed by atoms with Crippen molar-refractivity contribution in [1.29, 1.82) is 0 Å². The summed E-state index contributed by atoms with van der Waals surface area (Å²) in [5, 5.41) is 26.8. The molecule has 24 heteroatoms. The standard InChI is InChI=1S/C21H25N9O11P2S2/c1-7-27-17-8(19(33)28-7)2-26-30(17)21-15-12(31)9(38-21)3-36-42(34,44)40-14-10(4-37-43(35,45)41-15)39-20(13(14)32)29-6-25-11-16(22)23-5-24-18(11)29/h2,5-6,9-10,12-15,20-21,31-32H,3-4H2,1H3,(H,34,44)(H,35,45)(H2,22,23,24)(H,27,28,33)/t9-,10-,12?,13?,14+,15+,20-,21-,42?,43?/m1/s1. The minimum absolute atomic E-state index is 0.101. The number of nitrogens with zero attached hydrogens (tertiary/aromatic N) is 7. The van der Waals surface area contributed by atoms with Crippen LogP contribution in [0, 0.1) is 6.92 Å². The number of aromatic amines is 1. The second kappa shape index (κ2) is 11.4. The molecular weight excluding hydrogens is 680 g/mol. The lowest BCUT2D eigenvalue weighted by Crippen LogP contribution is -2.36. The summed E-state index contributed by atoms with van der Waals surface area (Å²) >= 11 is 10.5. The fraction of sp³-hybridized carbons (Fsp3) is 0.524. The molecule has 3 aliphatic heterocycles. The fourth-order valence-electron chi connectivity index (χ4n) is 5.37.